The lowest BCUT2D eigenvalue weighted by atomic mass is 10.1. The van der Waals surface area contributed by atoms with Gasteiger partial charge in [0, 0.05) is 36.8 Å². The molecule has 0 atom stereocenters. The van der Waals surface area contributed by atoms with Crippen LogP contribution in [0.5, 0.6) is 5.75 Å². The van der Waals surface area contributed by atoms with E-state index in [-0.39, 0.29) is 31.3 Å². The van der Waals surface area contributed by atoms with Gasteiger partial charge in [0.05, 0.1) is 7.11 Å². The highest BCUT2D eigenvalue weighted by molar-refractivity contribution is 6.02. The van der Waals surface area contributed by atoms with E-state index >= 15 is 0 Å². The van der Waals surface area contributed by atoms with Crippen molar-refractivity contribution < 1.29 is 23.9 Å². The molecule has 0 radical (unpaired) electrons. The van der Waals surface area contributed by atoms with Gasteiger partial charge in [-0.2, -0.15) is 0 Å². The Kier molecular flexibility index (Phi) is 9.47. The van der Waals surface area contributed by atoms with Crippen LogP contribution in [0.1, 0.15) is 38.3 Å². The molecule has 0 heterocycles. The van der Waals surface area contributed by atoms with Crippen LogP contribution in [0.4, 0.5) is 10.5 Å². The van der Waals surface area contributed by atoms with Crippen LogP contribution in [0, 0.1) is 0 Å². The van der Waals surface area contributed by atoms with Gasteiger partial charge in [-0.1, -0.05) is 36.4 Å². The van der Waals surface area contributed by atoms with Gasteiger partial charge in [-0.3, -0.25) is 9.59 Å². The Bertz CT molecular complexity index is 996. The molecule has 0 bridgehead atoms. The second-order valence-corrected chi connectivity index (χ2v) is 8.18. The maximum atomic E-state index is 12.4. The molecule has 3 N–H and O–H groups in total. The number of para-hydroxylation sites is 2. The van der Waals surface area contributed by atoms with E-state index in [0.29, 0.717) is 11.4 Å². The van der Waals surface area contributed by atoms with Gasteiger partial charge in [0.2, 0.25) is 11.8 Å². The fraction of sp³-hybridized carbons (Fsp3) is 0.320. The smallest absolute Gasteiger partial charge is 0.407 e. The zero-order chi connectivity index (χ0) is 24.3. The molecule has 0 aliphatic heterocycles. The van der Waals surface area contributed by atoms with Crippen molar-refractivity contribution >= 4 is 29.7 Å². The van der Waals surface area contributed by atoms with Crippen LogP contribution in [0.25, 0.3) is 6.08 Å². The van der Waals surface area contributed by atoms with E-state index < -0.39 is 11.7 Å². The minimum absolute atomic E-state index is 0.107. The Morgan fingerprint density at radius 2 is 1.67 bits per heavy atom. The van der Waals surface area contributed by atoms with Crippen LogP contribution in [-0.4, -0.2) is 37.2 Å². The molecule has 0 aliphatic rings. The second kappa shape index (κ2) is 12.3. The molecule has 2 aromatic rings. The van der Waals surface area contributed by atoms with Crippen LogP contribution in [0.2, 0.25) is 0 Å². The van der Waals surface area contributed by atoms with Gasteiger partial charge in [0.1, 0.15) is 11.4 Å². The second-order valence-electron chi connectivity index (χ2n) is 8.18. The van der Waals surface area contributed by atoms with Crippen molar-refractivity contribution in [3.63, 3.8) is 0 Å². The van der Waals surface area contributed by atoms with Crippen molar-refractivity contribution in [1.82, 2.24) is 10.6 Å². The minimum atomic E-state index is -0.594. The van der Waals surface area contributed by atoms with E-state index in [9.17, 15) is 14.4 Å². The first-order valence-electron chi connectivity index (χ1n) is 10.6. The topological polar surface area (TPSA) is 106 Å². The number of rotatable bonds is 9. The summed E-state index contributed by atoms with van der Waals surface area (Å²) in [7, 11) is 1.57. The fourth-order valence-corrected chi connectivity index (χ4v) is 2.81. The summed E-state index contributed by atoms with van der Waals surface area (Å²) in [5.41, 5.74) is 1.54. The van der Waals surface area contributed by atoms with Gasteiger partial charge in [-0.15, -0.1) is 0 Å². The largest absolute Gasteiger partial charge is 0.496 e. The Morgan fingerprint density at radius 1 is 0.970 bits per heavy atom. The molecule has 0 aliphatic carbocycles. The zero-order valence-corrected chi connectivity index (χ0v) is 19.4. The molecular formula is C25H31N3O5. The monoisotopic (exact) mass is 453 g/mol. The van der Waals surface area contributed by atoms with Crippen LogP contribution < -0.4 is 20.7 Å². The standard InChI is InChI=1S/C25H31N3O5/c1-25(2,3)33-24(31)26-16-15-22(29)27-17-19-10-5-7-11-20(19)28-23(30)14-13-18-9-6-8-12-21(18)32-4/h5-14H,15-17H2,1-4H3,(H,26,31)(H,27,29)(H,28,30)/b14-13+. The predicted molar refractivity (Wildman–Crippen MR) is 128 cm³/mol. The molecule has 0 spiro atoms. The summed E-state index contributed by atoms with van der Waals surface area (Å²) in [4.78, 5) is 36.2. The number of hydrogen-bond acceptors (Lipinski definition) is 5. The van der Waals surface area contributed by atoms with Crippen molar-refractivity contribution in [1.29, 1.82) is 0 Å². The third-order valence-corrected chi connectivity index (χ3v) is 4.32. The van der Waals surface area contributed by atoms with Crippen molar-refractivity contribution in [2.45, 2.75) is 39.3 Å². The van der Waals surface area contributed by atoms with Gasteiger partial charge in [0.25, 0.3) is 0 Å². The zero-order valence-electron chi connectivity index (χ0n) is 19.4. The number of ether oxygens (including phenoxy) is 2. The SMILES string of the molecule is COc1ccccc1/C=C/C(=O)Nc1ccccc1CNC(=O)CCNC(=O)OC(C)(C)C. The number of carbonyl (C=O) groups excluding carboxylic acids is 3. The van der Waals surface area contributed by atoms with Crippen LogP contribution in [0.15, 0.2) is 54.6 Å². The van der Waals surface area contributed by atoms with Crippen molar-refractivity contribution in [2.75, 3.05) is 19.0 Å². The highest BCUT2D eigenvalue weighted by atomic mass is 16.6. The number of methoxy groups -OCH3 is 1. The summed E-state index contributed by atoms with van der Waals surface area (Å²) in [6, 6.07) is 14.6. The Morgan fingerprint density at radius 3 is 2.39 bits per heavy atom. The van der Waals surface area contributed by atoms with Gasteiger partial charge in [-0.25, -0.2) is 4.79 Å². The van der Waals surface area contributed by atoms with Crippen LogP contribution in [0.3, 0.4) is 0 Å². The molecule has 0 saturated carbocycles. The Hall–Kier alpha value is -3.81. The third kappa shape index (κ3) is 9.47. The lowest BCUT2D eigenvalue weighted by molar-refractivity contribution is -0.121. The molecule has 8 heteroatoms. The Labute approximate surface area is 194 Å². The predicted octanol–water partition coefficient (Wildman–Crippen LogP) is 3.88. The molecule has 8 nitrogen and oxygen atoms in total. The summed E-state index contributed by atoms with van der Waals surface area (Å²) in [5.74, 6) is 0.135. The number of benzene rings is 2. The van der Waals surface area contributed by atoms with Crippen molar-refractivity contribution in [3.8, 4) is 5.75 Å². The molecule has 2 aromatic carbocycles. The summed E-state index contributed by atoms with van der Waals surface area (Å²) in [6.07, 6.45) is 2.64. The molecule has 0 fully saturated rings. The first-order valence-corrected chi connectivity index (χ1v) is 10.6. The maximum absolute atomic E-state index is 12.4. The lowest BCUT2D eigenvalue weighted by Crippen LogP contribution is -2.35. The Balaban J connectivity index is 1.86. The van der Waals surface area contributed by atoms with Gasteiger partial charge >= 0.3 is 6.09 Å². The third-order valence-electron chi connectivity index (χ3n) is 4.32. The number of anilines is 1. The average molecular weight is 454 g/mol. The number of hydrogen-bond donors (Lipinski definition) is 3. The average Bonchev–Trinajstić information content (AvgIpc) is 2.76. The molecule has 33 heavy (non-hydrogen) atoms. The normalized spacial score (nSPS) is 11.0. The molecular weight excluding hydrogens is 422 g/mol. The summed E-state index contributed by atoms with van der Waals surface area (Å²) < 4.78 is 10.4. The molecule has 0 aromatic heterocycles. The van der Waals surface area contributed by atoms with E-state index in [2.05, 4.69) is 16.0 Å². The molecule has 0 unspecified atom stereocenters. The van der Waals surface area contributed by atoms with E-state index in [1.54, 1.807) is 46.1 Å². The quantitative estimate of drug-likeness (QED) is 0.500. The fourth-order valence-electron chi connectivity index (χ4n) is 2.81. The lowest BCUT2D eigenvalue weighted by Gasteiger charge is -2.19. The van der Waals surface area contributed by atoms with Gasteiger partial charge in [-0.05, 0) is 44.5 Å². The van der Waals surface area contributed by atoms with Gasteiger partial charge < -0.3 is 25.4 Å². The molecule has 3 amide bonds. The highest BCUT2D eigenvalue weighted by Crippen LogP contribution is 2.19. The highest BCUT2D eigenvalue weighted by Gasteiger charge is 2.16. The molecule has 2 rings (SSSR count). The van der Waals surface area contributed by atoms with E-state index in [0.717, 1.165) is 11.1 Å². The molecule has 0 saturated heterocycles. The molecule has 176 valence electrons. The number of carbonyl (C=O) groups is 3. The minimum Gasteiger partial charge on any atom is -0.496 e. The maximum Gasteiger partial charge on any atom is 0.407 e. The summed E-state index contributed by atoms with van der Waals surface area (Å²) in [6.45, 7) is 5.70. The van der Waals surface area contributed by atoms with Crippen molar-refractivity contribution in [3.05, 3.63) is 65.7 Å². The van der Waals surface area contributed by atoms with Crippen LogP contribution >= 0.6 is 0 Å². The number of nitrogens with one attached hydrogen (secondary N) is 3. The van der Waals surface area contributed by atoms with Crippen molar-refractivity contribution in [2.24, 2.45) is 0 Å². The number of alkyl carbamates (subject to hydrolysis) is 1. The van der Waals surface area contributed by atoms with Gasteiger partial charge in [0.15, 0.2) is 0 Å². The summed E-state index contributed by atoms with van der Waals surface area (Å²) in [5, 5.41) is 8.17. The van der Waals surface area contributed by atoms with Crippen LogP contribution in [-0.2, 0) is 20.9 Å². The van der Waals surface area contributed by atoms with E-state index in [1.165, 1.54) is 6.08 Å². The van der Waals surface area contributed by atoms with E-state index in [4.69, 9.17) is 9.47 Å². The first-order chi connectivity index (χ1) is 15.7. The summed E-state index contributed by atoms with van der Waals surface area (Å²) >= 11 is 0. The number of amides is 3. The van der Waals surface area contributed by atoms with E-state index in [1.807, 2.05) is 36.4 Å². The first kappa shape index (κ1) is 25.5.